The lowest BCUT2D eigenvalue weighted by atomic mass is 10.6. The topological polar surface area (TPSA) is 63.4 Å². The van der Waals surface area contributed by atoms with E-state index < -0.39 is 0 Å². The quantitative estimate of drug-likeness (QED) is 0.375. The molecule has 0 aromatic carbocycles. The van der Waals surface area contributed by atoms with Crippen LogP contribution in [0.5, 0.6) is 0 Å². The maximum atomic E-state index is 10.4. The van der Waals surface area contributed by atoms with E-state index in [0.717, 1.165) is 4.90 Å². The van der Waals surface area contributed by atoms with Crippen LogP contribution in [0, 0.1) is 0 Å². The Bertz CT molecular complexity index is 160. The molecule has 5 heteroatoms. The SMILES string of the molecule is CN1C(=O)C=CC1=O.NP. The largest absolute Gasteiger partial charge is 0.314 e. The molecule has 0 radical (unpaired) electrons. The van der Waals surface area contributed by atoms with Gasteiger partial charge in [-0.25, -0.2) is 0 Å². The third-order valence-corrected chi connectivity index (χ3v) is 1.03. The fourth-order valence-electron chi connectivity index (χ4n) is 0.475. The molecule has 0 aromatic rings. The predicted octanol–water partition coefficient (Wildman–Crippen LogP) is -0.724. The highest BCUT2D eigenvalue weighted by atomic mass is 31.0. The summed E-state index contributed by atoms with van der Waals surface area (Å²) >= 11 is 0. The normalized spacial score (nSPS) is 15.3. The molecule has 4 nitrogen and oxygen atoms in total. The second-order valence-corrected chi connectivity index (χ2v) is 1.57. The van der Waals surface area contributed by atoms with Gasteiger partial charge in [-0.1, -0.05) is 9.39 Å². The lowest BCUT2D eigenvalue weighted by Gasteiger charge is -2.01. The molecular formula is C5H9N2O2P. The van der Waals surface area contributed by atoms with Crippen LogP contribution in [0.25, 0.3) is 0 Å². The third kappa shape index (κ3) is 1.90. The van der Waals surface area contributed by atoms with E-state index in [2.05, 4.69) is 5.50 Å². The van der Waals surface area contributed by atoms with Crippen LogP contribution in [-0.4, -0.2) is 23.8 Å². The molecule has 0 fully saturated rings. The van der Waals surface area contributed by atoms with E-state index >= 15 is 0 Å². The van der Waals surface area contributed by atoms with Crippen molar-refractivity contribution in [2.24, 2.45) is 5.50 Å². The van der Waals surface area contributed by atoms with Gasteiger partial charge in [0.25, 0.3) is 11.8 Å². The van der Waals surface area contributed by atoms with E-state index in [9.17, 15) is 9.59 Å². The third-order valence-electron chi connectivity index (χ3n) is 1.03. The van der Waals surface area contributed by atoms with Crippen molar-refractivity contribution in [2.45, 2.75) is 0 Å². The summed E-state index contributed by atoms with van der Waals surface area (Å²) in [6.07, 6.45) is 2.50. The van der Waals surface area contributed by atoms with E-state index in [0.29, 0.717) is 0 Å². The Morgan fingerprint density at radius 1 is 1.30 bits per heavy atom. The van der Waals surface area contributed by atoms with Crippen molar-refractivity contribution < 1.29 is 9.59 Å². The van der Waals surface area contributed by atoms with Crippen LogP contribution in [-0.2, 0) is 9.59 Å². The summed E-state index contributed by atoms with van der Waals surface area (Å²) in [5, 5.41) is 0. The molecule has 0 bridgehead atoms. The smallest absolute Gasteiger partial charge is 0.253 e. The summed E-state index contributed by atoms with van der Waals surface area (Å²) in [5.74, 6) is -0.481. The molecule has 1 aliphatic heterocycles. The van der Waals surface area contributed by atoms with Gasteiger partial charge in [0, 0.05) is 19.2 Å². The number of imide groups is 1. The lowest BCUT2D eigenvalue weighted by Crippen LogP contribution is -2.24. The first-order valence-corrected chi connectivity index (χ1v) is 3.21. The van der Waals surface area contributed by atoms with Crippen LogP contribution in [0.2, 0.25) is 0 Å². The Labute approximate surface area is 61.3 Å². The van der Waals surface area contributed by atoms with Gasteiger partial charge in [-0.2, -0.15) is 0 Å². The lowest BCUT2D eigenvalue weighted by molar-refractivity contribution is -0.135. The van der Waals surface area contributed by atoms with Crippen molar-refractivity contribution in [1.29, 1.82) is 0 Å². The van der Waals surface area contributed by atoms with Crippen molar-refractivity contribution in [3.8, 4) is 0 Å². The highest BCUT2D eigenvalue weighted by Gasteiger charge is 2.17. The van der Waals surface area contributed by atoms with E-state index in [1.54, 1.807) is 0 Å². The average molecular weight is 160 g/mol. The zero-order valence-electron chi connectivity index (χ0n) is 5.57. The van der Waals surface area contributed by atoms with Gasteiger partial charge in [-0.05, 0) is 0 Å². The van der Waals surface area contributed by atoms with Crippen molar-refractivity contribution in [3.05, 3.63) is 12.2 Å². The first-order chi connectivity index (χ1) is 4.72. The Hall–Kier alpha value is -0.730. The number of likely N-dealkylation sites (N-methyl/N-ethyl adjacent to an activating group) is 1. The van der Waals surface area contributed by atoms with Gasteiger partial charge in [0.2, 0.25) is 0 Å². The molecule has 1 rings (SSSR count). The van der Waals surface area contributed by atoms with Gasteiger partial charge in [-0.15, -0.1) is 0 Å². The molecule has 1 atom stereocenters. The second kappa shape index (κ2) is 4.14. The van der Waals surface area contributed by atoms with Crippen LogP contribution >= 0.6 is 9.39 Å². The highest BCUT2D eigenvalue weighted by Crippen LogP contribution is 1.97. The fraction of sp³-hybridized carbons (Fsp3) is 0.200. The molecule has 1 unspecified atom stereocenters. The van der Waals surface area contributed by atoms with Crippen LogP contribution in [0.1, 0.15) is 0 Å². The molecule has 2 N–H and O–H groups in total. The van der Waals surface area contributed by atoms with Crippen molar-refractivity contribution in [3.63, 3.8) is 0 Å². The Morgan fingerprint density at radius 2 is 1.60 bits per heavy atom. The molecule has 1 heterocycles. The summed E-state index contributed by atoms with van der Waals surface area (Å²) in [7, 11) is 3.37. The second-order valence-electron chi connectivity index (χ2n) is 1.57. The molecule has 0 saturated carbocycles. The van der Waals surface area contributed by atoms with Crippen LogP contribution < -0.4 is 5.50 Å². The number of hydrogen-bond acceptors (Lipinski definition) is 3. The van der Waals surface area contributed by atoms with Gasteiger partial charge in [0.15, 0.2) is 0 Å². The number of rotatable bonds is 0. The minimum Gasteiger partial charge on any atom is -0.314 e. The summed E-state index contributed by atoms with van der Waals surface area (Å²) in [4.78, 5) is 21.9. The zero-order valence-corrected chi connectivity index (χ0v) is 6.73. The van der Waals surface area contributed by atoms with Crippen molar-refractivity contribution in [2.75, 3.05) is 7.05 Å². The average Bonchev–Trinajstić information content (AvgIpc) is 2.25. The van der Waals surface area contributed by atoms with Crippen LogP contribution in [0.4, 0.5) is 0 Å². The van der Waals surface area contributed by atoms with Gasteiger partial charge in [0.1, 0.15) is 0 Å². The summed E-state index contributed by atoms with van der Waals surface area (Å²) in [6.45, 7) is 0. The van der Waals surface area contributed by atoms with E-state index in [4.69, 9.17) is 0 Å². The van der Waals surface area contributed by atoms with Crippen LogP contribution in [0.15, 0.2) is 12.2 Å². The van der Waals surface area contributed by atoms with Gasteiger partial charge in [-0.3, -0.25) is 14.5 Å². The first kappa shape index (κ1) is 9.27. The Morgan fingerprint density at radius 3 is 1.70 bits per heavy atom. The van der Waals surface area contributed by atoms with Gasteiger partial charge in [0.05, 0.1) is 0 Å². The zero-order chi connectivity index (χ0) is 8.15. The van der Waals surface area contributed by atoms with Crippen molar-refractivity contribution >= 4 is 21.2 Å². The Kier molecular flexibility index (Phi) is 3.84. The molecule has 1 aliphatic rings. The fourth-order valence-corrected chi connectivity index (χ4v) is 0.475. The monoisotopic (exact) mass is 160 g/mol. The summed E-state index contributed by atoms with van der Waals surface area (Å²) < 4.78 is 0. The summed E-state index contributed by atoms with van der Waals surface area (Å²) in [5.41, 5.74) is 4.42. The van der Waals surface area contributed by atoms with Crippen molar-refractivity contribution in [1.82, 2.24) is 4.90 Å². The molecule has 0 saturated heterocycles. The molecule has 2 amide bonds. The van der Waals surface area contributed by atoms with E-state index in [1.807, 2.05) is 9.39 Å². The summed E-state index contributed by atoms with van der Waals surface area (Å²) in [6, 6.07) is 0. The molecule has 0 aliphatic carbocycles. The van der Waals surface area contributed by atoms with Gasteiger partial charge < -0.3 is 5.50 Å². The standard InChI is InChI=1S/C5H5NO2.H4NP/c1-6-4(7)2-3-5(6)8;1-2/h2-3H,1H3;1-2H2. The number of nitrogens with two attached hydrogens (primary N) is 1. The van der Waals surface area contributed by atoms with E-state index in [-0.39, 0.29) is 11.8 Å². The number of carbonyl (C=O) groups is 2. The minimum atomic E-state index is -0.241. The van der Waals surface area contributed by atoms with E-state index in [1.165, 1.54) is 19.2 Å². The first-order valence-electron chi connectivity index (χ1n) is 2.55. The molecule has 10 heavy (non-hydrogen) atoms. The Balaban J connectivity index is 0.000000371. The predicted molar refractivity (Wildman–Crippen MR) is 40.8 cm³/mol. The van der Waals surface area contributed by atoms with Crippen LogP contribution in [0.3, 0.4) is 0 Å². The maximum absolute atomic E-state index is 10.4. The molecule has 56 valence electrons. The maximum Gasteiger partial charge on any atom is 0.253 e. The minimum absolute atomic E-state index is 0.241. The molecule has 0 aromatic heterocycles. The number of carbonyl (C=O) groups excluding carboxylic acids is 2. The molecular weight excluding hydrogens is 151 g/mol. The highest BCUT2D eigenvalue weighted by molar-refractivity contribution is 7.13. The number of nitrogens with zero attached hydrogens (tertiary/aromatic N) is 1. The number of hydrogen-bond donors (Lipinski definition) is 1. The number of amides is 2. The molecule has 0 spiro atoms. The van der Waals surface area contributed by atoms with Gasteiger partial charge >= 0.3 is 0 Å².